The molecule has 2 unspecified atom stereocenters. The summed E-state index contributed by atoms with van der Waals surface area (Å²) in [6, 6.07) is 13.0. The molecule has 2 aromatic heterocycles. The van der Waals surface area contributed by atoms with Gasteiger partial charge in [0, 0.05) is 23.0 Å². The molecule has 3 aromatic rings. The zero-order valence-electron chi connectivity index (χ0n) is 16.6. The second-order valence-electron chi connectivity index (χ2n) is 7.68. The first kappa shape index (κ1) is 18.1. The molecule has 0 fully saturated rings. The number of hydrogen-bond donors (Lipinski definition) is 2. The Bertz CT molecular complexity index is 1140. The fourth-order valence-corrected chi connectivity index (χ4v) is 5.40. The van der Waals surface area contributed by atoms with Gasteiger partial charge < -0.3 is 10.6 Å². The third-order valence-electron chi connectivity index (χ3n) is 5.84. The van der Waals surface area contributed by atoms with Crippen LogP contribution in [0.4, 0.5) is 5.82 Å². The lowest BCUT2D eigenvalue weighted by Crippen LogP contribution is -2.30. The van der Waals surface area contributed by atoms with E-state index in [0.717, 1.165) is 29.0 Å². The Morgan fingerprint density at radius 1 is 1.14 bits per heavy atom. The molecule has 0 saturated heterocycles. The van der Waals surface area contributed by atoms with Crippen LogP contribution in [0.25, 0.3) is 20.7 Å². The molecule has 29 heavy (non-hydrogen) atoms. The van der Waals surface area contributed by atoms with E-state index in [4.69, 9.17) is 0 Å². The first-order chi connectivity index (χ1) is 14.2. The van der Waals surface area contributed by atoms with Crippen molar-refractivity contribution in [1.82, 2.24) is 15.3 Å². The molecule has 0 spiro atoms. The van der Waals surface area contributed by atoms with E-state index >= 15 is 0 Å². The number of nitrogens with one attached hydrogen (secondary N) is 2. The largest absolute Gasteiger partial charge is 0.381 e. The molecule has 3 heterocycles. The predicted molar refractivity (Wildman–Crippen MR) is 122 cm³/mol. The van der Waals surface area contributed by atoms with Gasteiger partial charge in [-0.25, -0.2) is 9.97 Å². The third-order valence-corrected chi connectivity index (χ3v) is 7.02. The molecule has 146 valence electrons. The monoisotopic (exact) mass is 400 g/mol. The van der Waals surface area contributed by atoms with Gasteiger partial charge in [-0.05, 0) is 37.5 Å². The van der Waals surface area contributed by atoms with E-state index < -0.39 is 0 Å². The highest BCUT2D eigenvalue weighted by Gasteiger charge is 2.32. The molecule has 2 atom stereocenters. The Hall–Kier alpha value is -2.92. The number of allylic oxidation sites excluding steroid dienone is 3. The van der Waals surface area contributed by atoms with Crippen molar-refractivity contribution in [3.63, 3.8) is 0 Å². The number of rotatable bonds is 5. The van der Waals surface area contributed by atoms with Crippen molar-refractivity contribution in [2.24, 2.45) is 5.92 Å². The van der Waals surface area contributed by atoms with Crippen LogP contribution in [0.2, 0.25) is 0 Å². The summed E-state index contributed by atoms with van der Waals surface area (Å²) in [6.07, 6.45) is 9.38. The number of aromatic nitrogens is 2. The SMILES string of the molecule is CC1=CC=CC2C(CCNc3ncnc4cc(-c5ccccc5)sc34)=C(C)NC12. The van der Waals surface area contributed by atoms with Crippen molar-refractivity contribution in [2.75, 3.05) is 11.9 Å². The summed E-state index contributed by atoms with van der Waals surface area (Å²) in [6.45, 7) is 5.27. The summed E-state index contributed by atoms with van der Waals surface area (Å²) in [4.78, 5) is 10.2. The quantitative estimate of drug-likeness (QED) is 0.590. The highest BCUT2D eigenvalue weighted by Crippen LogP contribution is 2.37. The lowest BCUT2D eigenvalue weighted by Gasteiger charge is -2.23. The van der Waals surface area contributed by atoms with E-state index in [0.29, 0.717) is 12.0 Å². The minimum Gasteiger partial charge on any atom is -0.381 e. The van der Waals surface area contributed by atoms with Gasteiger partial charge in [0.1, 0.15) is 12.1 Å². The minimum absolute atomic E-state index is 0.423. The molecule has 0 radical (unpaired) electrons. The number of nitrogens with zero attached hydrogens (tertiary/aromatic N) is 2. The molecule has 1 aliphatic carbocycles. The number of hydrogen-bond acceptors (Lipinski definition) is 5. The van der Waals surface area contributed by atoms with E-state index in [1.807, 2.05) is 6.07 Å². The molecule has 0 bridgehead atoms. The first-order valence-electron chi connectivity index (χ1n) is 10.1. The van der Waals surface area contributed by atoms with Crippen LogP contribution in [0.15, 0.2) is 77.8 Å². The molecule has 0 saturated carbocycles. The number of fused-ring (bicyclic) bond motifs is 2. The van der Waals surface area contributed by atoms with Gasteiger partial charge >= 0.3 is 0 Å². The molecule has 4 nitrogen and oxygen atoms in total. The smallest absolute Gasteiger partial charge is 0.147 e. The van der Waals surface area contributed by atoms with Crippen molar-refractivity contribution >= 4 is 27.4 Å². The Balaban J connectivity index is 1.33. The van der Waals surface area contributed by atoms with Crippen LogP contribution in [-0.2, 0) is 0 Å². The molecule has 2 N–H and O–H groups in total. The van der Waals surface area contributed by atoms with Crippen LogP contribution in [0.5, 0.6) is 0 Å². The van der Waals surface area contributed by atoms with Gasteiger partial charge in [-0.3, -0.25) is 0 Å². The van der Waals surface area contributed by atoms with Crippen molar-refractivity contribution in [2.45, 2.75) is 26.3 Å². The summed E-state index contributed by atoms with van der Waals surface area (Å²) >= 11 is 1.75. The van der Waals surface area contributed by atoms with Gasteiger partial charge in [0.2, 0.25) is 0 Å². The van der Waals surface area contributed by atoms with Crippen LogP contribution in [0.3, 0.4) is 0 Å². The van der Waals surface area contributed by atoms with Crippen molar-refractivity contribution in [3.05, 3.63) is 77.8 Å². The Morgan fingerprint density at radius 2 is 2.00 bits per heavy atom. The Kier molecular flexibility index (Phi) is 4.68. The number of anilines is 1. The molecule has 5 rings (SSSR count). The first-order valence-corrected chi connectivity index (χ1v) is 10.9. The molecule has 2 aliphatic rings. The van der Waals surface area contributed by atoms with Crippen LogP contribution in [0.1, 0.15) is 20.3 Å². The third kappa shape index (κ3) is 3.36. The second kappa shape index (κ2) is 7.48. The summed E-state index contributed by atoms with van der Waals surface area (Å²) in [5, 5.41) is 7.23. The summed E-state index contributed by atoms with van der Waals surface area (Å²) in [5.41, 5.74) is 6.44. The van der Waals surface area contributed by atoms with Crippen molar-refractivity contribution in [1.29, 1.82) is 0 Å². The molecule has 5 heteroatoms. The van der Waals surface area contributed by atoms with E-state index in [1.54, 1.807) is 17.7 Å². The van der Waals surface area contributed by atoms with E-state index in [2.05, 4.69) is 83.0 Å². The van der Waals surface area contributed by atoms with Crippen LogP contribution < -0.4 is 10.6 Å². The van der Waals surface area contributed by atoms with E-state index in [9.17, 15) is 0 Å². The Morgan fingerprint density at radius 3 is 2.86 bits per heavy atom. The molecule has 0 amide bonds. The lowest BCUT2D eigenvalue weighted by atomic mass is 9.85. The van der Waals surface area contributed by atoms with Crippen molar-refractivity contribution in [3.8, 4) is 10.4 Å². The number of thiophene rings is 1. The van der Waals surface area contributed by atoms with E-state index in [-0.39, 0.29) is 0 Å². The maximum atomic E-state index is 4.52. The second-order valence-corrected chi connectivity index (χ2v) is 8.74. The van der Waals surface area contributed by atoms with E-state index in [1.165, 1.54) is 27.3 Å². The lowest BCUT2D eigenvalue weighted by molar-refractivity contribution is 0.586. The average Bonchev–Trinajstić information content (AvgIpc) is 3.32. The zero-order valence-corrected chi connectivity index (χ0v) is 17.5. The van der Waals surface area contributed by atoms with Crippen LogP contribution in [0, 0.1) is 5.92 Å². The highest BCUT2D eigenvalue weighted by atomic mass is 32.1. The predicted octanol–water partition coefficient (Wildman–Crippen LogP) is 5.54. The topological polar surface area (TPSA) is 49.8 Å². The maximum Gasteiger partial charge on any atom is 0.147 e. The molecular formula is C24H24N4S. The van der Waals surface area contributed by atoms with Gasteiger partial charge in [0.25, 0.3) is 0 Å². The molecule has 1 aromatic carbocycles. The normalized spacial score (nSPS) is 20.6. The van der Waals surface area contributed by atoms with Crippen molar-refractivity contribution < 1.29 is 0 Å². The van der Waals surface area contributed by atoms with Gasteiger partial charge in [-0.1, -0.05) is 54.1 Å². The van der Waals surface area contributed by atoms with Gasteiger partial charge in [0.15, 0.2) is 0 Å². The van der Waals surface area contributed by atoms with Gasteiger partial charge in [-0.15, -0.1) is 11.3 Å². The highest BCUT2D eigenvalue weighted by molar-refractivity contribution is 7.22. The fraction of sp³-hybridized carbons (Fsp3) is 0.250. The molecule has 1 aliphatic heterocycles. The zero-order chi connectivity index (χ0) is 19.8. The Labute approximate surface area is 175 Å². The maximum absolute atomic E-state index is 4.52. The summed E-state index contributed by atoms with van der Waals surface area (Å²) in [5.74, 6) is 1.40. The number of benzene rings is 1. The van der Waals surface area contributed by atoms with Crippen LogP contribution >= 0.6 is 11.3 Å². The summed E-state index contributed by atoms with van der Waals surface area (Å²) < 4.78 is 1.12. The fourth-order valence-electron chi connectivity index (χ4n) is 4.32. The summed E-state index contributed by atoms with van der Waals surface area (Å²) in [7, 11) is 0. The standard InChI is InChI=1S/C24H24N4S/c1-15-7-6-10-19-18(16(2)28-22(15)19)11-12-25-24-23-20(26-14-27-24)13-21(29-23)17-8-4-3-5-9-17/h3-10,13-14,19,22,28H,11-12H2,1-2H3,(H,25,26,27). The van der Waals surface area contributed by atoms with Crippen LogP contribution in [-0.4, -0.2) is 22.6 Å². The van der Waals surface area contributed by atoms with Gasteiger partial charge in [-0.2, -0.15) is 0 Å². The molecular weight excluding hydrogens is 376 g/mol. The van der Waals surface area contributed by atoms with Gasteiger partial charge in [0.05, 0.1) is 16.3 Å². The minimum atomic E-state index is 0.423. The average molecular weight is 401 g/mol.